The Morgan fingerprint density at radius 1 is 1.03 bits per heavy atom. The molecule has 1 aliphatic carbocycles. The number of nitrogens with one attached hydrogen (secondary N) is 1. The van der Waals surface area contributed by atoms with Crippen molar-refractivity contribution in [2.75, 3.05) is 44.2 Å². The Morgan fingerprint density at radius 2 is 1.81 bits per heavy atom. The van der Waals surface area contributed by atoms with Gasteiger partial charge in [-0.15, -0.1) is 0 Å². The highest BCUT2D eigenvalue weighted by molar-refractivity contribution is 5.75. The van der Waals surface area contributed by atoms with Crippen molar-refractivity contribution in [3.05, 3.63) is 46.8 Å². The average Bonchev–Trinajstić information content (AvgIpc) is 3.13. The minimum absolute atomic E-state index is 0.0696. The molecule has 1 saturated heterocycles. The van der Waals surface area contributed by atoms with Crippen molar-refractivity contribution < 1.29 is 4.79 Å². The van der Waals surface area contributed by atoms with Gasteiger partial charge in [0.2, 0.25) is 5.91 Å². The molecule has 0 saturated carbocycles. The lowest BCUT2D eigenvalue weighted by Crippen LogP contribution is -2.47. The number of fused-ring (bicyclic) bond motifs is 1. The van der Waals surface area contributed by atoms with E-state index in [-0.39, 0.29) is 5.91 Å². The third-order valence-electron chi connectivity index (χ3n) is 6.89. The minimum Gasteiger partial charge on any atom is -0.369 e. The largest absolute Gasteiger partial charge is 0.369 e. The molecule has 1 aromatic carbocycles. The van der Waals surface area contributed by atoms with Crippen molar-refractivity contribution in [1.82, 2.24) is 20.0 Å². The smallest absolute Gasteiger partial charge is 0.241 e. The number of piperazine rings is 1. The van der Waals surface area contributed by atoms with Crippen LogP contribution in [0.25, 0.3) is 0 Å². The first-order valence-electron chi connectivity index (χ1n) is 12.4. The first-order chi connectivity index (χ1) is 15.6. The molecule has 0 bridgehead atoms. The molecular weight excluding hydrogens is 398 g/mol. The quantitative estimate of drug-likeness (QED) is 0.674. The molecule has 174 valence electrons. The SMILES string of the molecule is Cc1ccc(C)c(N2CCN(CCCNC(=O)Cn3cc4c(n3)CCCCCC4)CC2)c1. The lowest BCUT2D eigenvalue weighted by molar-refractivity contribution is -0.121. The Bertz CT molecular complexity index is 872. The van der Waals surface area contributed by atoms with Crippen molar-refractivity contribution in [2.24, 2.45) is 0 Å². The summed E-state index contributed by atoms with van der Waals surface area (Å²) >= 11 is 0. The Labute approximate surface area is 193 Å². The van der Waals surface area contributed by atoms with Gasteiger partial charge in [0.05, 0.1) is 5.69 Å². The van der Waals surface area contributed by atoms with Gasteiger partial charge < -0.3 is 10.2 Å². The molecule has 0 atom stereocenters. The van der Waals surface area contributed by atoms with Crippen LogP contribution in [0.3, 0.4) is 0 Å². The summed E-state index contributed by atoms with van der Waals surface area (Å²) in [5.74, 6) is 0.0696. The van der Waals surface area contributed by atoms with Gasteiger partial charge >= 0.3 is 0 Å². The number of amides is 1. The van der Waals surface area contributed by atoms with E-state index in [0.717, 1.165) is 58.5 Å². The lowest BCUT2D eigenvalue weighted by atomic mass is 9.99. The summed E-state index contributed by atoms with van der Waals surface area (Å²) in [5, 5.41) is 7.77. The lowest BCUT2D eigenvalue weighted by Gasteiger charge is -2.37. The second-order valence-electron chi connectivity index (χ2n) is 9.53. The van der Waals surface area contributed by atoms with E-state index in [9.17, 15) is 4.79 Å². The van der Waals surface area contributed by atoms with Crippen molar-refractivity contribution in [1.29, 1.82) is 0 Å². The van der Waals surface area contributed by atoms with E-state index in [2.05, 4.69) is 58.5 Å². The normalized spacial score (nSPS) is 17.5. The van der Waals surface area contributed by atoms with Crippen LogP contribution in [0.4, 0.5) is 5.69 Å². The predicted octanol–water partition coefficient (Wildman–Crippen LogP) is 3.49. The predicted molar refractivity (Wildman–Crippen MR) is 130 cm³/mol. The zero-order valence-corrected chi connectivity index (χ0v) is 19.9. The number of carbonyl (C=O) groups excluding carboxylic acids is 1. The summed E-state index contributed by atoms with van der Waals surface area (Å²) in [7, 11) is 0. The Kier molecular flexibility index (Phi) is 7.85. The second-order valence-corrected chi connectivity index (χ2v) is 9.53. The summed E-state index contributed by atoms with van der Waals surface area (Å²) in [6.45, 7) is 10.8. The molecule has 6 heteroatoms. The van der Waals surface area contributed by atoms with Crippen LogP contribution in [0.1, 0.15) is 54.5 Å². The molecule has 2 aromatic rings. The first-order valence-corrected chi connectivity index (χ1v) is 12.4. The molecule has 1 amide bonds. The van der Waals surface area contributed by atoms with E-state index in [1.165, 1.54) is 53.8 Å². The van der Waals surface area contributed by atoms with Crippen LogP contribution in [0.5, 0.6) is 0 Å². The van der Waals surface area contributed by atoms with Crippen LogP contribution < -0.4 is 10.2 Å². The van der Waals surface area contributed by atoms with E-state index < -0.39 is 0 Å². The van der Waals surface area contributed by atoms with Gasteiger partial charge in [0, 0.05) is 44.6 Å². The monoisotopic (exact) mass is 437 g/mol. The summed E-state index contributed by atoms with van der Waals surface area (Å²) in [6.07, 6.45) is 10.3. The Hall–Kier alpha value is -2.34. The summed E-state index contributed by atoms with van der Waals surface area (Å²) < 4.78 is 1.85. The topological polar surface area (TPSA) is 53.4 Å². The number of rotatable bonds is 7. The molecule has 1 aliphatic heterocycles. The molecule has 0 spiro atoms. The van der Waals surface area contributed by atoms with Gasteiger partial charge in [-0.3, -0.25) is 14.4 Å². The molecular formula is C26H39N5O. The van der Waals surface area contributed by atoms with Gasteiger partial charge in [-0.1, -0.05) is 25.0 Å². The number of carbonyl (C=O) groups is 1. The van der Waals surface area contributed by atoms with Gasteiger partial charge in [0.15, 0.2) is 0 Å². The van der Waals surface area contributed by atoms with E-state index in [0.29, 0.717) is 6.54 Å². The fourth-order valence-corrected chi connectivity index (χ4v) is 4.97. The molecule has 6 nitrogen and oxygen atoms in total. The fourth-order valence-electron chi connectivity index (χ4n) is 4.97. The van der Waals surface area contributed by atoms with Crippen LogP contribution in [0.2, 0.25) is 0 Å². The van der Waals surface area contributed by atoms with E-state index in [1.54, 1.807) is 0 Å². The maximum absolute atomic E-state index is 12.4. The fraction of sp³-hybridized carbons (Fsp3) is 0.615. The minimum atomic E-state index is 0.0696. The zero-order chi connectivity index (χ0) is 22.3. The molecule has 1 aromatic heterocycles. The van der Waals surface area contributed by atoms with E-state index in [4.69, 9.17) is 0 Å². The maximum atomic E-state index is 12.4. The number of anilines is 1. The third kappa shape index (κ3) is 6.12. The first kappa shape index (κ1) is 22.8. The third-order valence-corrected chi connectivity index (χ3v) is 6.89. The van der Waals surface area contributed by atoms with E-state index >= 15 is 0 Å². The van der Waals surface area contributed by atoms with Crippen molar-refractivity contribution >= 4 is 11.6 Å². The molecule has 4 rings (SSSR count). The van der Waals surface area contributed by atoms with Gasteiger partial charge in [0.25, 0.3) is 0 Å². The highest BCUT2D eigenvalue weighted by Gasteiger charge is 2.18. The Balaban J connectivity index is 1.14. The highest BCUT2D eigenvalue weighted by atomic mass is 16.2. The van der Waals surface area contributed by atoms with Gasteiger partial charge in [-0.05, 0) is 75.3 Å². The molecule has 0 radical (unpaired) electrons. The summed E-state index contributed by atoms with van der Waals surface area (Å²) in [6, 6.07) is 6.72. The van der Waals surface area contributed by atoms with Gasteiger partial charge in [0.1, 0.15) is 6.54 Å². The number of hydrogen-bond acceptors (Lipinski definition) is 4. The molecule has 2 aliphatic rings. The highest BCUT2D eigenvalue weighted by Crippen LogP contribution is 2.23. The second kappa shape index (κ2) is 11.0. The maximum Gasteiger partial charge on any atom is 0.241 e. The zero-order valence-electron chi connectivity index (χ0n) is 19.9. The number of aromatic nitrogens is 2. The number of nitrogens with zero attached hydrogens (tertiary/aromatic N) is 4. The standard InChI is InChI=1S/C26H39N5O/c1-21-10-11-22(2)25(18-21)30-16-14-29(15-17-30)13-7-12-27-26(32)20-31-19-23-8-5-3-4-6-9-24(23)28-31/h10-11,18-19H,3-9,12-17,20H2,1-2H3,(H,27,32). The van der Waals surface area contributed by atoms with Crippen LogP contribution in [0, 0.1) is 13.8 Å². The van der Waals surface area contributed by atoms with Crippen LogP contribution >= 0.6 is 0 Å². The molecule has 0 unspecified atom stereocenters. The van der Waals surface area contributed by atoms with Gasteiger partial charge in [-0.25, -0.2) is 0 Å². The Morgan fingerprint density at radius 3 is 2.62 bits per heavy atom. The van der Waals surface area contributed by atoms with Crippen molar-refractivity contribution in [3.63, 3.8) is 0 Å². The number of aryl methyl sites for hydroxylation is 4. The number of benzene rings is 1. The molecule has 32 heavy (non-hydrogen) atoms. The molecule has 1 fully saturated rings. The van der Waals surface area contributed by atoms with Crippen molar-refractivity contribution in [2.45, 2.75) is 65.3 Å². The average molecular weight is 438 g/mol. The van der Waals surface area contributed by atoms with E-state index in [1.807, 2.05) is 4.68 Å². The van der Waals surface area contributed by atoms with Crippen LogP contribution in [0.15, 0.2) is 24.4 Å². The molecule has 2 heterocycles. The summed E-state index contributed by atoms with van der Waals surface area (Å²) in [5.41, 5.74) is 6.61. The molecule has 1 N–H and O–H groups in total. The van der Waals surface area contributed by atoms with Crippen LogP contribution in [-0.2, 0) is 24.2 Å². The number of hydrogen-bond donors (Lipinski definition) is 1. The van der Waals surface area contributed by atoms with Crippen LogP contribution in [-0.4, -0.2) is 59.9 Å². The van der Waals surface area contributed by atoms with Crippen molar-refractivity contribution in [3.8, 4) is 0 Å². The summed E-state index contributed by atoms with van der Waals surface area (Å²) in [4.78, 5) is 17.4. The van der Waals surface area contributed by atoms with Gasteiger partial charge in [-0.2, -0.15) is 5.10 Å².